The first-order chi connectivity index (χ1) is 8.89. The lowest BCUT2D eigenvalue weighted by molar-refractivity contribution is 0.159. The van der Waals surface area contributed by atoms with Crippen LogP contribution in [0.5, 0.6) is 0 Å². The van der Waals surface area contributed by atoms with Crippen molar-refractivity contribution >= 4 is 22.0 Å². The average molecular weight is 287 g/mol. The molecule has 1 amide bonds. The van der Waals surface area contributed by atoms with Crippen LogP contribution in [0.3, 0.4) is 0 Å². The van der Waals surface area contributed by atoms with Gasteiger partial charge in [0, 0.05) is 0 Å². The van der Waals surface area contributed by atoms with Crippen LogP contribution in [0.1, 0.15) is 12.5 Å². The van der Waals surface area contributed by atoms with Gasteiger partial charge in [0.25, 0.3) is 0 Å². The zero-order chi connectivity index (χ0) is 14.5. The van der Waals surface area contributed by atoms with Gasteiger partial charge >= 0.3 is 16.3 Å². The van der Waals surface area contributed by atoms with E-state index in [2.05, 4.69) is 4.74 Å². The molecule has 0 saturated heterocycles. The Morgan fingerprint density at radius 1 is 1.53 bits per heavy atom. The van der Waals surface area contributed by atoms with E-state index in [4.69, 9.17) is 5.26 Å². The minimum Gasteiger partial charge on any atom is -0.449 e. The maximum atomic E-state index is 13.2. The van der Waals surface area contributed by atoms with Gasteiger partial charge in [-0.2, -0.15) is 13.7 Å². The molecule has 0 fully saturated rings. The number of benzene rings is 1. The molecular formula is C10H10FN3O4S. The van der Waals surface area contributed by atoms with E-state index < -0.39 is 27.7 Å². The molecular weight excluding hydrogens is 277 g/mol. The first-order valence-electron chi connectivity index (χ1n) is 5.05. The number of anilines is 1. The lowest BCUT2D eigenvalue weighted by Gasteiger charge is -2.10. The van der Waals surface area contributed by atoms with Crippen LogP contribution >= 0.6 is 0 Å². The topological polar surface area (TPSA) is 108 Å². The largest absolute Gasteiger partial charge is 0.449 e. The number of amides is 1. The number of hydrogen-bond donors (Lipinski definition) is 2. The summed E-state index contributed by atoms with van der Waals surface area (Å²) in [6.45, 7) is 1.49. The second kappa shape index (κ2) is 6.01. The van der Waals surface area contributed by atoms with E-state index in [0.29, 0.717) is 0 Å². The molecule has 0 saturated carbocycles. The molecule has 1 aromatic rings. The van der Waals surface area contributed by atoms with Gasteiger partial charge in [0.05, 0.1) is 12.3 Å². The van der Waals surface area contributed by atoms with Crippen LogP contribution in [0.15, 0.2) is 18.2 Å². The molecule has 1 rings (SSSR count). The fraction of sp³-hybridized carbons (Fsp3) is 0.200. The fourth-order valence-corrected chi connectivity index (χ4v) is 1.95. The van der Waals surface area contributed by atoms with Crippen molar-refractivity contribution in [1.29, 1.82) is 5.26 Å². The Kier molecular flexibility index (Phi) is 4.66. The number of nitriles is 1. The zero-order valence-corrected chi connectivity index (χ0v) is 10.6. The maximum absolute atomic E-state index is 13.2. The van der Waals surface area contributed by atoms with E-state index in [-0.39, 0.29) is 12.3 Å². The number of halogens is 1. The summed E-state index contributed by atoms with van der Waals surface area (Å²) in [5.74, 6) is -0.876. The van der Waals surface area contributed by atoms with Crippen molar-refractivity contribution in [2.45, 2.75) is 6.92 Å². The molecule has 0 spiro atoms. The predicted molar refractivity (Wildman–Crippen MR) is 63.8 cm³/mol. The summed E-state index contributed by atoms with van der Waals surface area (Å²) >= 11 is 0. The highest BCUT2D eigenvalue weighted by Crippen LogP contribution is 2.18. The van der Waals surface area contributed by atoms with E-state index in [1.54, 1.807) is 4.72 Å². The first-order valence-corrected chi connectivity index (χ1v) is 6.54. The third-order valence-corrected chi connectivity index (χ3v) is 2.79. The summed E-state index contributed by atoms with van der Waals surface area (Å²) in [5, 5.41) is 8.73. The monoisotopic (exact) mass is 287 g/mol. The molecule has 0 aromatic heterocycles. The van der Waals surface area contributed by atoms with Gasteiger partial charge in [-0.25, -0.2) is 13.9 Å². The standard InChI is InChI=1S/C10H10FN3O4S/c1-2-18-10(15)14-19(16,17)13-9-5-3-4-8(11)7(9)6-12/h3-5,13H,2H2,1H3,(H,14,15). The van der Waals surface area contributed by atoms with Crippen LogP contribution in [0, 0.1) is 17.1 Å². The minimum atomic E-state index is -4.30. The maximum Gasteiger partial charge on any atom is 0.422 e. The molecule has 0 aliphatic carbocycles. The Bertz CT molecular complexity index is 624. The summed E-state index contributed by atoms with van der Waals surface area (Å²) in [6.07, 6.45) is -1.18. The average Bonchev–Trinajstić information content (AvgIpc) is 2.28. The van der Waals surface area contributed by atoms with Gasteiger partial charge < -0.3 is 4.74 Å². The second-order valence-corrected chi connectivity index (χ2v) is 4.62. The summed E-state index contributed by atoms with van der Waals surface area (Å²) < 4.78 is 44.1. The van der Waals surface area contributed by atoms with E-state index in [1.165, 1.54) is 25.1 Å². The summed E-state index contributed by atoms with van der Waals surface area (Å²) in [7, 11) is -4.30. The van der Waals surface area contributed by atoms with Crippen molar-refractivity contribution in [2.75, 3.05) is 11.3 Å². The number of hydrogen-bond acceptors (Lipinski definition) is 5. The van der Waals surface area contributed by atoms with E-state index in [1.807, 2.05) is 4.72 Å². The van der Waals surface area contributed by atoms with Gasteiger partial charge in [-0.3, -0.25) is 4.72 Å². The molecule has 0 atom stereocenters. The van der Waals surface area contributed by atoms with Crippen LogP contribution in [0.4, 0.5) is 14.9 Å². The third-order valence-electron chi connectivity index (χ3n) is 1.86. The highest BCUT2D eigenvalue weighted by molar-refractivity contribution is 7.91. The number of rotatable bonds is 4. The minimum absolute atomic E-state index is 0.00916. The fourth-order valence-electron chi connectivity index (χ4n) is 1.16. The van der Waals surface area contributed by atoms with E-state index >= 15 is 0 Å². The van der Waals surface area contributed by atoms with Crippen LogP contribution in [0.25, 0.3) is 0 Å². The van der Waals surface area contributed by atoms with Gasteiger partial charge in [0.15, 0.2) is 0 Å². The number of nitrogens with zero attached hydrogens (tertiary/aromatic N) is 1. The smallest absolute Gasteiger partial charge is 0.422 e. The Labute approximate surface area is 109 Å². The predicted octanol–water partition coefficient (Wildman–Crippen LogP) is 1.10. The number of carbonyl (C=O) groups excluding carboxylic acids is 1. The molecule has 0 radical (unpaired) electrons. The van der Waals surface area contributed by atoms with E-state index in [9.17, 15) is 17.6 Å². The van der Waals surface area contributed by atoms with Crippen LogP contribution < -0.4 is 9.44 Å². The highest BCUT2D eigenvalue weighted by atomic mass is 32.2. The van der Waals surface area contributed by atoms with Crippen LogP contribution in [0.2, 0.25) is 0 Å². The van der Waals surface area contributed by atoms with Crippen molar-refractivity contribution in [3.8, 4) is 6.07 Å². The zero-order valence-electron chi connectivity index (χ0n) is 9.81. The summed E-state index contributed by atoms with van der Waals surface area (Å²) in [4.78, 5) is 11.0. The Hall–Kier alpha value is -2.34. The van der Waals surface area contributed by atoms with Gasteiger partial charge in [0.1, 0.15) is 17.4 Å². The lowest BCUT2D eigenvalue weighted by atomic mass is 10.2. The summed E-state index contributed by atoms with van der Waals surface area (Å²) in [5.41, 5.74) is -0.754. The van der Waals surface area contributed by atoms with E-state index in [0.717, 1.165) is 6.07 Å². The molecule has 0 aliphatic heterocycles. The molecule has 1 aromatic carbocycles. The van der Waals surface area contributed by atoms with Crippen LogP contribution in [-0.2, 0) is 14.9 Å². The molecule has 0 aliphatic rings. The molecule has 102 valence electrons. The van der Waals surface area contributed by atoms with Gasteiger partial charge in [-0.15, -0.1) is 0 Å². The quantitative estimate of drug-likeness (QED) is 0.862. The molecule has 9 heteroatoms. The number of ether oxygens (including phenoxy) is 1. The van der Waals surface area contributed by atoms with Crippen molar-refractivity contribution in [1.82, 2.24) is 4.72 Å². The van der Waals surface area contributed by atoms with Crippen LogP contribution in [-0.4, -0.2) is 21.1 Å². The van der Waals surface area contributed by atoms with Crippen molar-refractivity contribution in [2.24, 2.45) is 0 Å². The molecule has 0 heterocycles. The van der Waals surface area contributed by atoms with Crippen molar-refractivity contribution in [3.63, 3.8) is 0 Å². The van der Waals surface area contributed by atoms with Gasteiger partial charge in [-0.1, -0.05) is 6.07 Å². The molecule has 0 bridgehead atoms. The van der Waals surface area contributed by atoms with Gasteiger partial charge in [-0.05, 0) is 19.1 Å². The first kappa shape index (κ1) is 14.7. The number of carbonyl (C=O) groups is 1. The summed E-state index contributed by atoms with van der Waals surface area (Å²) in [6, 6.07) is 4.94. The molecule has 2 N–H and O–H groups in total. The third kappa shape index (κ3) is 4.11. The van der Waals surface area contributed by atoms with Crippen molar-refractivity contribution in [3.05, 3.63) is 29.6 Å². The molecule has 7 nitrogen and oxygen atoms in total. The molecule has 0 unspecified atom stereocenters. The normalized spacial score (nSPS) is 10.4. The molecule has 19 heavy (non-hydrogen) atoms. The van der Waals surface area contributed by atoms with Gasteiger partial charge in [0.2, 0.25) is 0 Å². The number of nitrogens with one attached hydrogen (secondary N) is 2. The Morgan fingerprint density at radius 2 is 2.21 bits per heavy atom. The second-order valence-electron chi connectivity index (χ2n) is 3.20. The SMILES string of the molecule is CCOC(=O)NS(=O)(=O)Nc1cccc(F)c1C#N. The lowest BCUT2D eigenvalue weighted by Crippen LogP contribution is -2.36. The Balaban J connectivity index is 2.94. The van der Waals surface area contributed by atoms with Crippen molar-refractivity contribution < 1.29 is 22.3 Å². The highest BCUT2D eigenvalue weighted by Gasteiger charge is 2.18. The Morgan fingerprint density at radius 3 is 2.79 bits per heavy atom.